The zero-order valence-corrected chi connectivity index (χ0v) is 11.7. The van der Waals surface area contributed by atoms with Crippen molar-refractivity contribution in [2.45, 2.75) is 0 Å². The lowest BCUT2D eigenvalue weighted by Gasteiger charge is -2.01. The summed E-state index contributed by atoms with van der Waals surface area (Å²) in [6.45, 7) is 0.701. The molecule has 2 aromatic heterocycles. The molecule has 2 heterocycles. The van der Waals surface area contributed by atoms with Crippen LogP contribution in [0.1, 0.15) is 5.69 Å². The van der Waals surface area contributed by atoms with Crippen molar-refractivity contribution in [3.05, 3.63) is 28.5 Å². The van der Waals surface area contributed by atoms with Crippen LogP contribution < -0.4 is 5.48 Å². The van der Waals surface area contributed by atoms with E-state index in [1.54, 1.807) is 13.2 Å². The second-order valence-corrected chi connectivity index (χ2v) is 4.72. The summed E-state index contributed by atoms with van der Waals surface area (Å²) >= 11 is 7.45. The Hall–Kier alpha value is -1.41. The number of rotatable bonds is 6. The van der Waals surface area contributed by atoms with Crippen LogP contribution in [-0.2, 0) is 14.4 Å². The topological polar surface area (TPSA) is 64.9 Å². The van der Waals surface area contributed by atoms with Gasteiger partial charge in [0, 0.05) is 24.8 Å². The number of ether oxygens (including phenoxy) is 1. The molecule has 8 heteroatoms. The summed E-state index contributed by atoms with van der Waals surface area (Å²) in [5.74, 6) is -0.377. The Kier molecular flexibility index (Phi) is 4.92. The average Bonchev–Trinajstić information content (AvgIpc) is 2.93. The zero-order valence-electron chi connectivity index (χ0n) is 10.1. The summed E-state index contributed by atoms with van der Waals surface area (Å²) in [5.41, 5.74) is 2.92. The summed E-state index contributed by atoms with van der Waals surface area (Å²) in [6, 6.07) is 0. The lowest BCUT2D eigenvalue weighted by atomic mass is 10.4. The molecule has 2 rings (SSSR count). The van der Waals surface area contributed by atoms with Crippen molar-refractivity contribution >= 4 is 39.9 Å². The smallest absolute Gasteiger partial charge is 0.267 e. The van der Waals surface area contributed by atoms with Crippen molar-refractivity contribution in [3.63, 3.8) is 0 Å². The molecule has 2 aromatic rings. The zero-order chi connectivity index (χ0) is 13.7. The molecule has 1 amide bonds. The fraction of sp³-hybridized carbons (Fsp3) is 0.273. The summed E-state index contributed by atoms with van der Waals surface area (Å²) in [7, 11) is 1.55. The number of amides is 1. The highest BCUT2D eigenvalue weighted by Gasteiger charge is 2.08. The standard InChI is InChI=1S/C11H12ClN3O3S/c1-17-5-6-18-14-9(16)3-2-8-10(12)13-11-15(8)4-7-19-11/h2-4,7H,5-6H2,1H3,(H,14,16)/b3-2+. The monoisotopic (exact) mass is 301 g/mol. The lowest BCUT2D eigenvalue weighted by Crippen LogP contribution is -2.23. The van der Waals surface area contributed by atoms with Gasteiger partial charge in [0.2, 0.25) is 0 Å². The number of hydrogen-bond donors (Lipinski definition) is 1. The molecule has 0 saturated carbocycles. The molecule has 1 N–H and O–H groups in total. The molecule has 19 heavy (non-hydrogen) atoms. The highest BCUT2D eigenvalue weighted by Crippen LogP contribution is 2.22. The SMILES string of the molecule is COCCONC(=O)/C=C/c1c(Cl)nc2sccn12. The first-order valence-electron chi connectivity index (χ1n) is 5.42. The third-order valence-corrected chi connectivity index (χ3v) is 3.24. The summed E-state index contributed by atoms with van der Waals surface area (Å²) in [5, 5.41) is 2.25. The molecule has 0 radical (unpaired) electrons. The van der Waals surface area contributed by atoms with Crippen LogP contribution in [-0.4, -0.2) is 35.6 Å². The van der Waals surface area contributed by atoms with Gasteiger partial charge in [-0.3, -0.25) is 14.0 Å². The molecule has 0 atom stereocenters. The van der Waals surface area contributed by atoms with Crippen LogP contribution in [0.15, 0.2) is 17.7 Å². The number of methoxy groups -OCH3 is 1. The third kappa shape index (κ3) is 3.54. The van der Waals surface area contributed by atoms with Crippen LogP contribution in [0, 0.1) is 0 Å². The van der Waals surface area contributed by atoms with E-state index in [1.165, 1.54) is 17.4 Å². The van der Waals surface area contributed by atoms with Gasteiger partial charge in [0.05, 0.1) is 18.9 Å². The van der Waals surface area contributed by atoms with Crippen LogP contribution >= 0.6 is 22.9 Å². The number of hydrogen-bond acceptors (Lipinski definition) is 5. The molecule has 102 valence electrons. The van der Waals surface area contributed by atoms with Crippen molar-refractivity contribution in [2.75, 3.05) is 20.3 Å². The van der Waals surface area contributed by atoms with E-state index in [0.29, 0.717) is 17.5 Å². The van der Waals surface area contributed by atoms with Gasteiger partial charge in [-0.15, -0.1) is 11.3 Å². The van der Waals surface area contributed by atoms with Gasteiger partial charge in [-0.25, -0.2) is 10.5 Å². The highest BCUT2D eigenvalue weighted by molar-refractivity contribution is 7.15. The Labute approximate surface area is 118 Å². The molecule has 0 fully saturated rings. The quantitative estimate of drug-likeness (QED) is 0.501. The van der Waals surface area contributed by atoms with E-state index in [9.17, 15) is 4.79 Å². The van der Waals surface area contributed by atoms with Gasteiger partial charge < -0.3 is 4.74 Å². The van der Waals surface area contributed by atoms with E-state index in [4.69, 9.17) is 21.2 Å². The summed E-state index contributed by atoms with van der Waals surface area (Å²) < 4.78 is 6.58. The van der Waals surface area contributed by atoms with E-state index in [2.05, 4.69) is 10.5 Å². The predicted molar refractivity (Wildman–Crippen MR) is 73.1 cm³/mol. The molecule has 0 spiro atoms. The Morgan fingerprint density at radius 1 is 1.63 bits per heavy atom. The number of aromatic nitrogens is 2. The van der Waals surface area contributed by atoms with Crippen LogP contribution in [0.25, 0.3) is 11.0 Å². The highest BCUT2D eigenvalue weighted by atomic mass is 35.5. The number of imidazole rings is 1. The van der Waals surface area contributed by atoms with Crippen molar-refractivity contribution in [1.29, 1.82) is 0 Å². The molecule has 0 aliphatic carbocycles. The number of nitrogens with one attached hydrogen (secondary N) is 1. The van der Waals surface area contributed by atoms with Gasteiger partial charge in [0.15, 0.2) is 10.1 Å². The summed E-state index contributed by atoms with van der Waals surface area (Å²) in [4.78, 5) is 21.3. The second kappa shape index (κ2) is 6.67. The largest absolute Gasteiger partial charge is 0.382 e. The van der Waals surface area contributed by atoms with E-state index >= 15 is 0 Å². The maximum absolute atomic E-state index is 11.5. The number of fused-ring (bicyclic) bond motifs is 1. The molecular formula is C11H12ClN3O3S. The molecule has 0 aromatic carbocycles. The molecular weight excluding hydrogens is 290 g/mol. The van der Waals surface area contributed by atoms with E-state index in [0.717, 1.165) is 4.96 Å². The van der Waals surface area contributed by atoms with Gasteiger partial charge in [0.25, 0.3) is 5.91 Å². The first-order chi connectivity index (χ1) is 9.22. The van der Waals surface area contributed by atoms with E-state index in [1.807, 2.05) is 16.0 Å². The maximum atomic E-state index is 11.5. The van der Waals surface area contributed by atoms with Crippen molar-refractivity contribution in [2.24, 2.45) is 0 Å². The minimum absolute atomic E-state index is 0.290. The van der Waals surface area contributed by atoms with Gasteiger partial charge in [-0.2, -0.15) is 0 Å². The first kappa shape index (κ1) is 14.0. The van der Waals surface area contributed by atoms with Crippen LogP contribution in [0.4, 0.5) is 0 Å². The first-order valence-corrected chi connectivity index (χ1v) is 6.68. The number of thiazole rings is 1. The average molecular weight is 302 g/mol. The van der Waals surface area contributed by atoms with Crippen molar-refractivity contribution in [3.8, 4) is 0 Å². The predicted octanol–water partition coefficient (Wildman–Crippen LogP) is 1.76. The Bertz CT molecular complexity index is 593. The van der Waals surface area contributed by atoms with E-state index < -0.39 is 0 Å². The van der Waals surface area contributed by atoms with Gasteiger partial charge >= 0.3 is 0 Å². The van der Waals surface area contributed by atoms with Crippen LogP contribution in [0.3, 0.4) is 0 Å². The second-order valence-electron chi connectivity index (χ2n) is 3.48. The molecule has 0 aliphatic heterocycles. The number of hydroxylamine groups is 1. The third-order valence-electron chi connectivity index (χ3n) is 2.21. The van der Waals surface area contributed by atoms with Gasteiger partial charge in [0.1, 0.15) is 0 Å². The fourth-order valence-electron chi connectivity index (χ4n) is 1.36. The molecule has 0 unspecified atom stereocenters. The molecule has 0 saturated heterocycles. The molecule has 6 nitrogen and oxygen atoms in total. The van der Waals surface area contributed by atoms with Crippen LogP contribution in [0.5, 0.6) is 0 Å². The Morgan fingerprint density at radius 3 is 3.26 bits per heavy atom. The number of nitrogens with zero attached hydrogens (tertiary/aromatic N) is 2. The normalized spacial score (nSPS) is 11.5. The number of halogens is 1. The minimum Gasteiger partial charge on any atom is -0.382 e. The van der Waals surface area contributed by atoms with Crippen LogP contribution in [0.2, 0.25) is 5.15 Å². The fourth-order valence-corrected chi connectivity index (χ4v) is 2.37. The van der Waals surface area contributed by atoms with Crippen molar-refractivity contribution < 1.29 is 14.4 Å². The Balaban J connectivity index is 1.96. The lowest BCUT2D eigenvalue weighted by molar-refractivity contribution is -0.129. The Morgan fingerprint density at radius 2 is 2.47 bits per heavy atom. The van der Waals surface area contributed by atoms with Crippen molar-refractivity contribution in [1.82, 2.24) is 14.9 Å². The van der Waals surface area contributed by atoms with Gasteiger partial charge in [-0.05, 0) is 6.08 Å². The van der Waals surface area contributed by atoms with E-state index in [-0.39, 0.29) is 12.5 Å². The summed E-state index contributed by atoms with van der Waals surface area (Å²) in [6.07, 6.45) is 4.76. The molecule has 0 bridgehead atoms. The van der Waals surface area contributed by atoms with Gasteiger partial charge in [-0.1, -0.05) is 11.6 Å². The maximum Gasteiger partial charge on any atom is 0.267 e. The number of carbonyl (C=O) groups excluding carboxylic acids is 1. The minimum atomic E-state index is -0.377. The molecule has 0 aliphatic rings. The number of carbonyl (C=O) groups is 1.